The van der Waals surface area contributed by atoms with Crippen molar-refractivity contribution in [2.75, 3.05) is 25.1 Å². The molecule has 1 heterocycles. The molecule has 31 heavy (non-hydrogen) atoms. The lowest BCUT2D eigenvalue weighted by atomic mass is 10.0. The van der Waals surface area contributed by atoms with Gasteiger partial charge in [-0.1, -0.05) is 18.2 Å². The quantitative estimate of drug-likeness (QED) is 0.512. The van der Waals surface area contributed by atoms with Gasteiger partial charge in [-0.2, -0.15) is 0 Å². The highest BCUT2D eigenvalue weighted by Gasteiger charge is 2.20. The number of hydrogen-bond donors (Lipinski definition) is 2. The molecule has 0 saturated heterocycles. The van der Waals surface area contributed by atoms with Crippen LogP contribution >= 0.6 is 0 Å². The maximum Gasteiger partial charge on any atom is 0.255 e. The van der Waals surface area contributed by atoms with E-state index >= 15 is 0 Å². The Morgan fingerprint density at radius 3 is 2.29 bits per heavy atom. The molecule has 1 aromatic heterocycles. The standard InChI is InChI=1S/C23H24N4O4/c1-26(17-5-3-2-4-6-17)22(30)14-27-12-11-19(20(28)13-24)23(27)16-7-9-18(10-8-16)31-15-21(25)29/h2-12H,13-15,24H2,1H3,(H2,25,29). The number of anilines is 1. The van der Waals surface area contributed by atoms with Crippen molar-refractivity contribution < 1.29 is 19.1 Å². The number of ether oxygens (including phenoxy) is 1. The third kappa shape index (κ3) is 5.18. The highest BCUT2D eigenvalue weighted by molar-refractivity contribution is 6.03. The van der Waals surface area contributed by atoms with E-state index < -0.39 is 5.91 Å². The van der Waals surface area contributed by atoms with Crippen molar-refractivity contribution in [3.63, 3.8) is 0 Å². The first-order valence-electron chi connectivity index (χ1n) is 9.66. The van der Waals surface area contributed by atoms with Crippen LogP contribution in [0.2, 0.25) is 0 Å². The molecule has 8 heteroatoms. The smallest absolute Gasteiger partial charge is 0.255 e. The number of likely N-dealkylation sites (N-methyl/N-ethyl adjacent to an activating group) is 1. The number of para-hydroxylation sites is 1. The Morgan fingerprint density at radius 2 is 1.68 bits per heavy atom. The zero-order chi connectivity index (χ0) is 22.4. The molecule has 0 bridgehead atoms. The van der Waals surface area contributed by atoms with Crippen molar-refractivity contribution in [2.45, 2.75) is 6.54 Å². The Bertz CT molecular complexity index is 1070. The first-order valence-corrected chi connectivity index (χ1v) is 9.66. The topological polar surface area (TPSA) is 121 Å². The van der Waals surface area contributed by atoms with E-state index in [1.807, 2.05) is 30.3 Å². The molecule has 3 aromatic rings. The van der Waals surface area contributed by atoms with E-state index in [-0.39, 0.29) is 31.4 Å². The number of carbonyl (C=O) groups is 3. The molecule has 0 saturated carbocycles. The molecule has 0 aliphatic heterocycles. The molecule has 0 radical (unpaired) electrons. The number of ketones is 1. The van der Waals surface area contributed by atoms with Crippen LogP contribution in [0.15, 0.2) is 66.9 Å². The average Bonchev–Trinajstić information content (AvgIpc) is 3.20. The normalized spacial score (nSPS) is 10.5. The summed E-state index contributed by atoms with van der Waals surface area (Å²) in [5.41, 5.74) is 13.2. The fraction of sp³-hybridized carbons (Fsp3) is 0.174. The van der Waals surface area contributed by atoms with Gasteiger partial charge in [-0.3, -0.25) is 14.4 Å². The van der Waals surface area contributed by atoms with Crippen LogP contribution in [0.5, 0.6) is 5.75 Å². The number of nitrogens with two attached hydrogens (primary N) is 2. The molecule has 0 aliphatic rings. The van der Waals surface area contributed by atoms with Crippen LogP contribution in [0.3, 0.4) is 0 Å². The van der Waals surface area contributed by atoms with E-state index in [4.69, 9.17) is 16.2 Å². The van der Waals surface area contributed by atoms with Crippen molar-refractivity contribution in [2.24, 2.45) is 11.5 Å². The molecule has 0 unspecified atom stereocenters. The Kier molecular flexibility index (Phi) is 6.84. The van der Waals surface area contributed by atoms with Crippen molar-refractivity contribution >= 4 is 23.3 Å². The SMILES string of the molecule is CN(C(=O)Cn1ccc(C(=O)CN)c1-c1ccc(OCC(N)=O)cc1)c1ccccc1. The number of nitrogens with zero attached hydrogens (tertiary/aromatic N) is 2. The van der Waals surface area contributed by atoms with Crippen molar-refractivity contribution in [1.82, 2.24) is 4.57 Å². The number of primary amides is 1. The van der Waals surface area contributed by atoms with Gasteiger partial charge >= 0.3 is 0 Å². The third-order valence-electron chi connectivity index (χ3n) is 4.78. The Morgan fingerprint density at radius 1 is 1.00 bits per heavy atom. The molecular formula is C23H24N4O4. The van der Waals surface area contributed by atoms with Gasteiger partial charge in [-0.25, -0.2) is 0 Å². The van der Waals surface area contributed by atoms with E-state index in [1.165, 1.54) is 0 Å². The van der Waals surface area contributed by atoms with Crippen molar-refractivity contribution in [3.8, 4) is 17.0 Å². The Hall–Kier alpha value is -3.91. The number of hydrogen-bond acceptors (Lipinski definition) is 5. The first-order chi connectivity index (χ1) is 14.9. The lowest BCUT2D eigenvalue weighted by molar-refractivity contribution is -0.120. The van der Waals surface area contributed by atoms with Crippen LogP contribution in [-0.4, -0.2) is 42.4 Å². The molecule has 2 amide bonds. The minimum Gasteiger partial charge on any atom is -0.484 e. The highest BCUT2D eigenvalue weighted by atomic mass is 16.5. The minimum atomic E-state index is -0.574. The molecule has 0 spiro atoms. The Balaban J connectivity index is 1.90. The van der Waals surface area contributed by atoms with Gasteiger partial charge < -0.3 is 25.7 Å². The van der Waals surface area contributed by atoms with Crippen LogP contribution in [-0.2, 0) is 16.1 Å². The summed E-state index contributed by atoms with van der Waals surface area (Å²) in [5, 5.41) is 0. The molecule has 0 atom stereocenters. The van der Waals surface area contributed by atoms with Crippen molar-refractivity contribution in [3.05, 3.63) is 72.4 Å². The average molecular weight is 420 g/mol. The van der Waals surface area contributed by atoms with E-state index in [9.17, 15) is 14.4 Å². The predicted molar refractivity (Wildman–Crippen MR) is 118 cm³/mol. The largest absolute Gasteiger partial charge is 0.484 e. The summed E-state index contributed by atoms with van der Waals surface area (Å²) < 4.78 is 7.01. The second-order valence-electron chi connectivity index (χ2n) is 6.90. The molecule has 0 aliphatic carbocycles. The van der Waals surface area contributed by atoms with Crippen LogP contribution in [0.25, 0.3) is 11.3 Å². The first kappa shape index (κ1) is 21.8. The maximum absolute atomic E-state index is 12.9. The number of benzene rings is 2. The van der Waals surface area contributed by atoms with Gasteiger partial charge in [0.05, 0.1) is 12.2 Å². The van der Waals surface area contributed by atoms with Crippen LogP contribution in [0.1, 0.15) is 10.4 Å². The molecule has 160 valence electrons. The molecule has 0 fully saturated rings. The van der Waals surface area contributed by atoms with Gasteiger partial charge in [-0.05, 0) is 48.0 Å². The fourth-order valence-corrected chi connectivity index (χ4v) is 3.17. The van der Waals surface area contributed by atoms with Gasteiger partial charge in [0.1, 0.15) is 12.3 Å². The number of rotatable bonds is 9. The summed E-state index contributed by atoms with van der Waals surface area (Å²) in [4.78, 5) is 37.7. The zero-order valence-corrected chi connectivity index (χ0v) is 17.2. The van der Waals surface area contributed by atoms with E-state index in [2.05, 4.69) is 0 Å². The van der Waals surface area contributed by atoms with Crippen LogP contribution < -0.4 is 21.1 Å². The monoisotopic (exact) mass is 420 g/mol. The highest BCUT2D eigenvalue weighted by Crippen LogP contribution is 2.28. The van der Waals surface area contributed by atoms with Gasteiger partial charge in [0.2, 0.25) is 5.91 Å². The van der Waals surface area contributed by atoms with Gasteiger partial charge in [-0.15, -0.1) is 0 Å². The lowest BCUT2D eigenvalue weighted by Gasteiger charge is -2.19. The van der Waals surface area contributed by atoms with Gasteiger partial charge in [0.15, 0.2) is 12.4 Å². The van der Waals surface area contributed by atoms with E-state index in [0.29, 0.717) is 22.6 Å². The summed E-state index contributed by atoms with van der Waals surface area (Å²) in [6, 6.07) is 17.8. The van der Waals surface area contributed by atoms with E-state index in [1.54, 1.807) is 53.0 Å². The van der Waals surface area contributed by atoms with E-state index in [0.717, 1.165) is 5.69 Å². The minimum absolute atomic E-state index is 0.0402. The van der Waals surface area contributed by atoms with Crippen LogP contribution in [0, 0.1) is 0 Å². The molecular weight excluding hydrogens is 396 g/mol. The lowest BCUT2D eigenvalue weighted by Crippen LogP contribution is -2.30. The number of Topliss-reactive ketones (excluding diaryl/α,β-unsaturated/α-hetero) is 1. The van der Waals surface area contributed by atoms with Crippen LogP contribution in [0.4, 0.5) is 5.69 Å². The molecule has 3 rings (SSSR count). The second-order valence-corrected chi connectivity index (χ2v) is 6.90. The predicted octanol–water partition coefficient (Wildman–Crippen LogP) is 1.82. The molecule has 4 N–H and O–H groups in total. The maximum atomic E-state index is 12.9. The summed E-state index contributed by atoms with van der Waals surface area (Å²) in [6.45, 7) is -0.333. The van der Waals surface area contributed by atoms with Gasteiger partial charge in [0.25, 0.3) is 5.91 Å². The van der Waals surface area contributed by atoms with Crippen molar-refractivity contribution in [1.29, 1.82) is 0 Å². The zero-order valence-electron chi connectivity index (χ0n) is 17.2. The third-order valence-corrected chi connectivity index (χ3v) is 4.78. The van der Waals surface area contributed by atoms with Gasteiger partial charge in [0, 0.05) is 24.5 Å². The molecule has 8 nitrogen and oxygen atoms in total. The second kappa shape index (κ2) is 9.73. The summed E-state index contributed by atoms with van der Waals surface area (Å²) in [7, 11) is 1.71. The molecule has 2 aromatic carbocycles. The summed E-state index contributed by atoms with van der Waals surface area (Å²) in [5.74, 6) is -0.482. The Labute approximate surface area is 180 Å². The fourth-order valence-electron chi connectivity index (χ4n) is 3.17. The number of aromatic nitrogens is 1. The summed E-state index contributed by atoms with van der Waals surface area (Å²) in [6.07, 6.45) is 1.70. The number of carbonyl (C=O) groups excluding carboxylic acids is 3. The number of amides is 2. The summed E-state index contributed by atoms with van der Waals surface area (Å²) >= 11 is 0.